The number of nitrogen functional groups attached to an aromatic ring is 1. The van der Waals surface area contributed by atoms with Crippen molar-refractivity contribution in [2.24, 2.45) is 0 Å². The molecule has 1 aliphatic rings. The van der Waals surface area contributed by atoms with Gasteiger partial charge in [-0.3, -0.25) is 0 Å². The Morgan fingerprint density at radius 3 is 2.50 bits per heavy atom. The summed E-state index contributed by atoms with van der Waals surface area (Å²) < 4.78 is 36.2. The van der Waals surface area contributed by atoms with Crippen LogP contribution < -0.4 is 11.1 Å². The summed E-state index contributed by atoms with van der Waals surface area (Å²) in [5.41, 5.74) is 5.61. The van der Waals surface area contributed by atoms with Crippen LogP contribution in [0.3, 0.4) is 0 Å². The van der Waals surface area contributed by atoms with Crippen LogP contribution in [0.5, 0.6) is 0 Å². The maximum absolute atomic E-state index is 13.6. The Labute approximate surface area is 115 Å². The van der Waals surface area contributed by atoms with Crippen molar-refractivity contribution in [2.45, 2.75) is 18.9 Å². The van der Waals surface area contributed by atoms with Crippen LogP contribution in [0.25, 0.3) is 0 Å². The van der Waals surface area contributed by atoms with Gasteiger partial charge in [0, 0.05) is 6.04 Å². The van der Waals surface area contributed by atoms with Crippen LogP contribution >= 0.6 is 0 Å². The van der Waals surface area contributed by atoms with Gasteiger partial charge in [-0.05, 0) is 25.0 Å². The minimum atomic E-state index is -2.97. The van der Waals surface area contributed by atoms with E-state index in [4.69, 9.17) is 10.8 Å². The lowest BCUT2D eigenvalue weighted by molar-refractivity contribution is 0.0692. The molecule has 0 atom stereocenters. The van der Waals surface area contributed by atoms with Crippen LogP contribution in [0.15, 0.2) is 12.1 Å². The molecule has 8 heteroatoms. The van der Waals surface area contributed by atoms with Gasteiger partial charge in [-0.15, -0.1) is 0 Å². The molecule has 1 fully saturated rings. The molecule has 0 unspecified atom stereocenters. The molecule has 2 rings (SSSR count). The van der Waals surface area contributed by atoms with Gasteiger partial charge >= 0.3 is 5.97 Å². The molecule has 1 aromatic rings. The van der Waals surface area contributed by atoms with Crippen molar-refractivity contribution in [3.8, 4) is 0 Å². The van der Waals surface area contributed by atoms with Gasteiger partial charge in [-0.25, -0.2) is 17.6 Å². The number of carboxylic acids is 1. The zero-order valence-electron chi connectivity index (χ0n) is 10.6. The summed E-state index contributed by atoms with van der Waals surface area (Å²) in [7, 11) is -2.97. The summed E-state index contributed by atoms with van der Waals surface area (Å²) in [5.74, 6) is -2.09. The molecule has 20 heavy (non-hydrogen) atoms. The number of nitrogens with one attached hydrogen (secondary N) is 1. The lowest BCUT2D eigenvalue weighted by atomic mass is 10.1. The summed E-state index contributed by atoms with van der Waals surface area (Å²) in [6.07, 6.45) is 0.841. The van der Waals surface area contributed by atoms with Crippen molar-refractivity contribution >= 4 is 27.2 Å². The minimum Gasteiger partial charge on any atom is -0.478 e. The predicted octanol–water partition coefficient (Wildman–Crippen LogP) is 1.10. The van der Waals surface area contributed by atoms with Gasteiger partial charge in [0.05, 0.1) is 28.4 Å². The van der Waals surface area contributed by atoms with Gasteiger partial charge in [0.1, 0.15) is 15.7 Å². The van der Waals surface area contributed by atoms with E-state index in [2.05, 4.69) is 5.32 Å². The molecule has 0 aliphatic carbocycles. The van der Waals surface area contributed by atoms with Crippen LogP contribution in [-0.4, -0.2) is 37.0 Å². The predicted molar refractivity (Wildman–Crippen MR) is 73.1 cm³/mol. The van der Waals surface area contributed by atoms with E-state index >= 15 is 0 Å². The molecule has 0 saturated carbocycles. The number of benzene rings is 1. The summed E-state index contributed by atoms with van der Waals surface area (Å²) in [4.78, 5) is 10.8. The first-order valence-corrected chi connectivity index (χ1v) is 7.90. The van der Waals surface area contributed by atoms with E-state index in [0.717, 1.165) is 12.1 Å². The second-order valence-corrected chi connectivity index (χ2v) is 7.10. The van der Waals surface area contributed by atoms with E-state index in [1.165, 1.54) is 0 Å². The number of sulfone groups is 1. The van der Waals surface area contributed by atoms with Crippen LogP contribution in [-0.2, 0) is 9.84 Å². The average molecular weight is 302 g/mol. The minimum absolute atomic E-state index is 0.0836. The average Bonchev–Trinajstić information content (AvgIpc) is 2.35. The highest BCUT2D eigenvalue weighted by Gasteiger charge is 2.24. The summed E-state index contributed by atoms with van der Waals surface area (Å²) in [6.45, 7) is 0. The monoisotopic (exact) mass is 302 g/mol. The standard InChI is InChI=1S/C12H15FN2O4S/c13-9-6-11(10(14)5-8(9)12(16)17)15-7-1-3-20(18,19)4-2-7/h5-7,15H,1-4,14H2,(H,16,17). The number of anilines is 2. The van der Waals surface area contributed by atoms with Gasteiger partial charge in [-0.1, -0.05) is 0 Å². The number of hydrogen-bond acceptors (Lipinski definition) is 5. The number of rotatable bonds is 3. The lowest BCUT2D eigenvalue weighted by Gasteiger charge is -2.24. The number of nitrogens with two attached hydrogens (primary N) is 1. The summed E-state index contributed by atoms with van der Waals surface area (Å²) in [6, 6.07) is 1.97. The molecule has 1 heterocycles. The van der Waals surface area contributed by atoms with E-state index in [1.807, 2.05) is 0 Å². The first-order valence-electron chi connectivity index (χ1n) is 6.08. The quantitative estimate of drug-likeness (QED) is 0.721. The van der Waals surface area contributed by atoms with Crippen LogP contribution in [0, 0.1) is 5.82 Å². The number of hydrogen-bond donors (Lipinski definition) is 3. The third-order valence-corrected chi connectivity index (χ3v) is 5.00. The molecular weight excluding hydrogens is 287 g/mol. The molecule has 0 amide bonds. The maximum Gasteiger partial charge on any atom is 0.338 e. The highest BCUT2D eigenvalue weighted by molar-refractivity contribution is 7.91. The van der Waals surface area contributed by atoms with Gasteiger partial charge in [-0.2, -0.15) is 0 Å². The second kappa shape index (κ2) is 5.28. The smallest absolute Gasteiger partial charge is 0.338 e. The molecule has 0 aromatic heterocycles. The summed E-state index contributed by atoms with van der Waals surface area (Å²) in [5, 5.41) is 11.7. The molecule has 1 saturated heterocycles. The zero-order valence-corrected chi connectivity index (χ0v) is 11.4. The molecule has 6 nitrogen and oxygen atoms in total. The molecule has 0 spiro atoms. The Morgan fingerprint density at radius 2 is 1.95 bits per heavy atom. The van der Waals surface area contributed by atoms with E-state index in [-0.39, 0.29) is 28.9 Å². The van der Waals surface area contributed by atoms with E-state index in [0.29, 0.717) is 12.8 Å². The Hall–Kier alpha value is -1.83. The number of carboxylic acid groups (broad SMARTS) is 1. The normalized spacial score (nSPS) is 18.6. The van der Waals surface area contributed by atoms with Crippen molar-refractivity contribution in [3.05, 3.63) is 23.5 Å². The second-order valence-electron chi connectivity index (χ2n) is 4.79. The van der Waals surface area contributed by atoms with Gasteiger partial charge in [0.25, 0.3) is 0 Å². The number of aromatic carboxylic acids is 1. The van der Waals surface area contributed by atoms with Crippen molar-refractivity contribution in [3.63, 3.8) is 0 Å². The van der Waals surface area contributed by atoms with Crippen molar-refractivity contribution in [1.29, 1.82) is 0 Å². The van der Waals surface area contributed by atoms with Gasteiger partial charge in [0.15, 0.2) is 0 Å². The topological polar surface area (TPSA) is 109 Å². The first-order chi connectivity index (χ1) is 9.28. The fraction of sp³-hybridized carbons (Fsp3) is 0.417. The number of halogens is 1. The van der Waals surface area contributed by atoms with Gasteiger partial charge in [0.2, 0.25) is 0 Å². The summed E-state index contributed by atoms with van der Waals surface area (Å²) >= 11 is 0. The fourth-order valence-corrected chi connectivity index (χ4v) is 3.62. The maximum atomic E-state index is 13.6. The van der Waals surface area contributed by atoms with E-state index < -0.39 is 27.2 Å². The largest absolute Gasteiger partial charge is 0.478 e. The first kappa shape index (κ1) is 14.6. The lowest BCUT2D eigenvalue weighted by Crippen LogP contribution is -2.32. The SMILES string of the molecule is Nc1cc(C(=O)O)c(F)cc1NC1CCS(=O)(=O)CC1. The van der Waals surface area contributed by atoms with Crippen LogP contribution in [0.1, 0.15) is 23.2 Å². The zero-order chi connectivity index (χ0) is 14.9. The Kier molecular flexibility index (Phi) is 3.85. The molecule has 1 aromatic carbocycles. The molecule has 0 bridgehead atoms. The highest BCUT2D eigenvalue weighted by Crippen LogP contribution is 2.26. The Bertz CT molecular complexity index is 631. The van der Waals surface area contributed by atoms with Crippen molar-refractivity contribution < 1.29 is 22.7 Å². The molecule has 0 radical (unpaired) electrons. The fourth-order valence-electron chi connectivity index (χ4n) is 2.13. The van der Waals surface area contributed by atoms with Crippen LogP contribution in [0.4, 0.5) is 15.8 Å². The van der Waals surface area contributed by atoms with Crippen molar-refractivity contribution in [2.75, 3.05) is 22.6 Å². The molecule has 4 N–H and O–H groups in total. The molecule has 1 aliphatic heterocycles. The molecule has 110 valence electrons. The van der Waals surface area contributed by atoms with E-state index in [9.17, 15) is 17.6 Å². The Morgan fingerprint density at radius 1 is 1.35 bits per heavy atom. The van der Waals surface area contributed by atoms with Gasteiger partial charge < -0.3 is 16.2 Å². The Balaban J connectivity index is 2.15. The third kappa shape index (κ3) is 3.19. The highest BCUT2D eigenvalue weighted by atomic mass is 32.2. The molecular formula is C12H15FN2O4S. The van der Waals surface area contributed by atoms with E-state index in [1.54, 1.807) is 0 Å². The van der Waals surface area contributed by atoms with Crippen molar-refractivity contribution in [1.82, 2.24) is 0 Å². The number of carbonyl (C=O) groups is 1. The third-order valence-electron chi connectivity index (χ3n) is 3.28. The van der Waals surface area contributed by atoms with Crippen LogP contribution in [0.2, 0.25) is 0 Å².